The van der Waals surface area contributed by atoms with Gasteiger partial charge in [-0.1, -0.05) is 18.0 Å². The number of hydrogen-bond donors (Lipinski definition) is 0. The minimum Gasteiger partial charge on any atom is -0.207 e. The van der Waals surface area contributed by atoms with Gasteiger partial charge in [0.2, 0.25) is 0 Å². The average molecular weight is 233 g/mol. The van der Waals surface area contributed by atoms with Gasteiger partial charge in [0.25, 0.3) is 0 Å². The van der Waals surface area contributed by atoms with Crippen molar-refractivity contribution in [3.05, 3.63) is 34.6 Å². The predicted molar refractivity (Wildman–Crippen MR) is 57.6 cm³/mol. The van der Waals surface area contributed by atoms with Gasteiger partial charge in [0.15, 0.2) is 0 Å². The van der Waals surface area contributed by atoms with Crippen LogP contribution in [0.3, 0.4) is 0 Å². The first-order valence-corrected chi connectivity index (χ1v) is 5.59. The molecule has 0 heterocycles. The molecule has 1 aromatic rings. The van der Waals surface area contributed by atoms with Crippen molar-refractivity contribution in [1.29, 1.82) is 0 Å². The van der Waals surface area contributed by atoms with Gasteiger partial charge in [-0.3, -0.25) is 0 Å². The summed E-state index contributed by atoms with van der Waals surface area (Å²) in [5.74, 6) is -0.0139. The molecule has 1 fully saturated rings. The van der Waals surface area contributed by atoms with Crippen LogP contribution in [0.25, 0.3) is 0 Å². The van der Waals surface area contributed by atoms with Crippen LogP contribution in [0.4, 0.5) is 4.39 Å². The molecule has 0 radical (unpaired) electrons. The quantitative estimate of drug-likeness (QED) is 0.632. The normalized spacial score (nSPS) is 26.8. The molecule has 0 saturated heterocycles. The minimum atomic E-state index is -0.236. The Hall–Kier alpha value is -0.270. The maximum Gasteiger partial charge on any atom is 0.123 e. The minimum absolute atomic E-state index is 0.106. The Bertz CT molecular complexity index is 338. The van der Waals surface area contributed by atoms with Gasteiger partial charge in [-0.25, -0.2) is 4.39 Å². The molecule has 2 unspecified atom stereocenters. The van der Waals surface area contributed by atoms with E-state index in [1.54, 1.807) is 6.07 Å². The van der Waals surface area contributed by atoms with Crippen molar-refractivity contribution in [2.75, 3.05) is 0 Å². The highest BCUT2D eigenvalue weighted by Gasteiger charge is 2.28. The van der Waals surface area contributed by atoms with Crippen molar-refractivity contribution in [2.24, 2.45) is 0 Å². The molecule has 1 saturated carbocycles. The van der Waals surface area contributed by atoms with Crippen LogP contribution in [0.1, 0.15) is 30.7 Å². The Balaban J connectivity index is 2.34. The van der Waals surface area contributed by atoms with Gasteiger partial charge in [0.1, 0.15) is 5.82 Å². The summed E-state index contributed by atoms with van der Waals surface area (Å²) in [5.41, 5.74) is 0.865. The van der Waals surface area contributed by atoms with Crippen LogP contribution in [0, 0.1) is 5.82 Å². The molecule has 1 aromatic carbocycles. The summed E-state index contributed by atoms with van der Waals surface area (Å²) in [4.78, 5) is 0. The van der Waals surface area contributed by atoms with Crippen molar-refractivity contribution in [2.45, 2.75) is 30.6 Å². The molecule has 0 aromatic heterocycles. The first-order chi connectivity index (χ1) is 6.68. The SMILES string of the molecule is Fc1ccc(Cl)c(C2CCCC2Cl)c1. The summed E-state index contributed by atoms with van der Waals surface area (Å²) in [6, 6.07) is 4.49. The number of benzene rings is 1. The van der Waals surface area contributed by atoms with Gasteiger partial charge in [-0.05, 0) is 36.6 Å². The first kappa shape index (κ1) is 10.3. The smallest absolute Gasteiger partial charge is 0.123 e. The van der Waals surface area contributed by atoms with Crippen molar-refractivity contribution in [3.8, 4) is 0 Å². The van der Waals surface area contributed by atoms with E-state index in [4.69, 9.17) is 23.2 Å². The Labute approximate surface area is 93.0 Å². The lowest BCUT2D eigenvalue weighted by atomic mass is 9.97. The van der Waals surface area contributed by atoms with Crippen LogP contribution in [-0.2, 0) is 0 Å². The molecule has 2 atom stereocenters. The molecular formula is C11H11Cl2F. The Morgan fingerprint density at radius 3 is 2.71 bits per heavy atom. The van der Waals surface area contributed by atoms with Gasteiger partial charge >= 0.3 is 0 Å². The second kappa shape index (κ2) is 4.08. The van der Waals surface area contributed by atoms with E-state index in [-0.39, 0.29) is 17.1 Å². The summed E-state index contributed by atoms with van der Waals surface area (Å²) in [6.45, 7) is 0. The fourth-order valence-corrected chi connectivity index (χ4v) is 2.74. The maximum absolute atomic E-state index is 13.0. The van der Waals surface area contributed by atoms with E-state index in [1.807, 2.05) is 0 Å². The number of hydrogen-bond acceptors (Lipinski definition) is 0. The number of halogens is 3. The van der Waals surface area contributed by atoms with Crippen molar-refractivity contribution >= 4 is 23.2 Å². The molecule has 14 heavy (non-hydrogen) atoms. The van der Waals surface area contributed by atoms with Crippen LogP contribution < -0.4 is 0 Å². The van der Waals surface area contributed by atoms with Gasteiger partial charge in [-0.2, -0.15) is 0 Å². The summed E-state index contributed by atoms with van der Waals surface area (Å²) in [5, 5.41) is 0.734. The van der Waals surface area contributed by atoms with Gasteiger partial charge in [0, 0.05) is 16.3 Å². The van der Waals surface area contributed by atoms with E-state index >= 15 is 0 Å². The highest BCUT2D eigenvalue weighted by molar-refractivity contribution is 6.31. The lowest BCUT2D eigenvalue weighted by Crippen LogP contribution is -2.05. The van der Waals surface area contributed by atoms with E-state index in [2.05, 4.69) is 0 Å². The summed E-state index contributed by atoms with van der Waals surface area (Å²) < 4.78 is 13.0. The molecule has 0 spiro atoms. The molecule has 0 bridgehead atoms. The summed E-state index contributed by atoms with van der Waals surface area (Å²) in [7, 11) is 0. The Kier molecular flexibility index (Phi) is 2.99. The van der Waals surface area contributed by atoms with Crippen LogP contribution in [0.2, 0.25) is 5.02 Å². The molecule has 1 aliphatic carbocycles. The average Bonchev–Trinajstić information content (AvgIpc) is 2.56. The van der Waals surface area contributed by atoms with E-state index in [9.17, 15) is 4.39 Å². The number of rotatable bonds is 1. The first-order valence-electron chi connectivity index (χ1n) is 4.77. The largest absolute Gasteiger partial charge is 0.207 e. The molecule has 0 amide bonds. The number of alkyl halides is 1. The zero-order valence-corrected chi connectivity index (χ0v) is 9.15. The standard InChI is InChI=1S/C11H11Cl2F/c12-10-3-1-2-8(10)9-6-7(14)4-5-11(9)13/h4-6,8,10H,1-3H2. The zero-order valence-electron chi connectivity index (χ0n) is 7.64. The van der Waals surface area contributed by atoms with E-state index in [0.717, 1.165) is 24.8 Å². The topological polar surface area (TPSA) is 0 Å². The monoisotopic (exact) mass is 232 g/mol. The molecule has 0 N–H and O–H groups in total. The third-order valence-electron chi connectivity index (χ3n) is 2.79. The molecular weight excluding hydrogens is 222 g/mol. The molecule has 76 valence electrons. The van der Waals surface area contributed by atoms with Gasteiger partial charge in [0.05, 0.1) is 0 Å². The van der Waals surface area contributed by atoms with Gasteiger partial charge in [-0.15, -0.1) is 11.6 Å². The summed E-state index contributed by atoms with van der Waals surface area (Å²) in [6.07, 6.45) is 3.11. The molecule has 3 heteroatoms. The predicted octanol–water partition coefficient (Wildman–Crippen LogP) is 4.35. The Morgan fingerprint density at radius 1 is 1.29 bits per heavy atom. The molecule has 0 nitrogen and oxygen atoms in total. The van der Waals surface area contributed by atoms with Crippen LogP contribution in [0.15, 0.2) is 18.2 Å². The van der Waals surface area contributed by atoms with Crippen LogP contribution in [-0.4, -0.2) is 5.38 Å². The molecule has 2 rings (SSSR count). The van der Waals surface area contributed by atoms with Crippen molar-refractivity contribution in [3.63, 3.8) is 0 Å². The van der Waals surface area contributed by atoms with Crippen LogP contribution in [0.5, 0.6) is 0 Å². The summed E-state index contributed by atoms with van der Waals surface area (Å²) >= 11 is 12.2. The van der Waals surface area contributed by atoms with Crippen molar-refractivity contribution < 1.29 is 4.39 Å². The van der Waals surface area contributed by atoms with E-state index < -0.39 is 0 Å². The zero-order chi connectivity index (χ0) is 10.1. The maximum atomic E-state index is 13.0. The third-order valence-corrected chi connectivity index (χ3v) is 3.66. The lowest BCUT2D eigenvalue weighted by molar-refractivity contribution is 0.619. The highest BCUT2D eigenvalue weighted by atomic mass is 35.5. The molecule has 0 aliphatic heterocycles. The Morgan fingerprint density at radius 2 is 2.07 bits per heavy atom. The fraction of sp³-hybridized carbons (Fsp3) is 0.455. The van der Waals surface area contributed by atoms with Crippen molar-refractivity contribution in [1.82, 2.24) is 0 Å². The molecule has 1 aliphatic rings. The second-order valence-electron chi connectivity index (χ2n) is 3.72. The van der Waals surface area contributed by atoms with Gasteiger partial charge < -0.3 is 0 Å². The lowest BCUT2D eigenvalue weighted by Gasteiger charge is -2.15. The third kappa shape index (κ3) is 1.89. The highest BCUT2D eigenvalue weighted by Crippen LogP contribution is 2.40. The second-order valence-corrected chi connectivity index (χ2v) is 4.69. The van der Waals surface area contributed by atoms with E-state index in [0.29, 0.717) is 5.02 Å². The van der Waals surface area contributed by atoms with E-state index in [1.165, 1.54) is 12.1 Å². The fourth-order valence-electron chi connectivity index (χ4n) is 2.06. The van der Waals surface area contributed by atoms with Crippen LogP contribution >= 0.6 is 23.2 Å².